The summed E-state index contributed by atoms with van der Waals surface area (Å²) in [7, 11) is 0. The van der Waals surface area contributed by atoms with Gasteiger partial charge in [0.25, 0.3) is 0 Å². The van der Waals surface area contributed by atoms with Gasteiger partial charge in [0.05, 0.1) is 25.9 Å². The highest BCUT2D eigenvalue weighted by Gasteiger charge is 2.32. The number of hydrogen-bond acceptors (Lipinski definition) is 8. The van der Waals surface area contributed by atoms with Crippen molar-refractivity contribution >= 4 is 22.9 Å². The summed E-state index contributed by atoms with van der Waals surface area (Å²) >= 11 is 0. The molecule has 4 heterocycles. The number of ether oxygens (including phenoxy) is 2. The molecule has 4 rings (SSSR count). The van der Waals surface area contributed by atoms with Crippen LogP contribution in [0.1, 0.15) is 19.1 Å². The molecule has 124 valence electrons. The SMILES string of the molecule is Nc1ncnc2c1nc(N1CCOCC1)n2C1CCC(CO)O1. The van der Waals surface area contributed by atoms with E-state index < -0.39 is 0 Å². The normalized spacial score (nSPS) is 25.3. The van der Waals surface area contributed by atoms with Gasteiger partial charge in [-0.05, 0) is 12.8 Å². The van der Waals surface area contributed by atoms with Crippen LogP contribution in [0.25, 0.3) is 11.2 Å². The van der Waals surface area contributed by atoms with Crippen LogP contribution in [0.15, 0.2) is 6.33 Å². The summed E-state index contributed by atoms with van der Waals surface area (Å²) in [4.78, 5) is 15.2. The number of aromatic nitrogens is 4. The van der Waals surface area contributed by atoms with E-state index in [2.05, 4.69) is 19.9 Å². The van der Waals surface area contributed by atoms with E-state index in [1.807, 2.05) is 4.57 Å². The number of hydrogen-bond donors (Lipinski definition) is 2. The van der Waals surface area contributed by atoms with E-state index in [1.165, 1.54) is 6.33 Å². The standard InChI is InChI=1S/C14H20N6O3/c15-12-11-13(17-8-16-12)20(10-2-1-9(7-21)23-10)14(18-11)19-3-5-22-6-4-19/h8-10,21H,1-7H2,(H2,15,16,17). The minimum Gasteiger partial charge on any atom is -0.394 e. The van der Waals surface area contributed by atoms with Crippen LogP contribution < -0.4 is 10.6 Å². The van der Waals surface area contributed by atoms with Crippen molar-refractivity contribution in [1.29, 1.82) is 0 Å². The van der Waals surface area contributed by atoms with Crippen LogP contribution in [0.5, 0.6) is 0 Å². The third-order valence-electron chi connectivity index (χ3n) is 4.36. The molecule has 23 heavy (non-hydrogen) atoms. The molecule has 2 aromatic heterocycles. The topological polar surface area (TPSA) is 112 Å². The van der Waals surface area contributed by atoms with Crippen LogP contribution in [0.3, 0.4) is 0 Å². The minimum absolute atomic E-state index is 0.0210. The molecular weight excluding hydrogens is 300 g/mol. The molecule has 9 heteroatoms. The number of morpholine rings is 1. The molecular formula is C14H20N6O3. The van der Waals surface area contributed by atoms with Crippen LogP contribution >= 0.6 is 0 Å². The number of aliphatic hydroxyl groups is 1. The highest BCUT2D eigenvalue weighted by atomic mass is 16.5. The molecule has 2 saturated heterocycles. The molecule has 2 aliphatic rings. The smallest absolute Gasteiger partial charge is 0.210 e. The quantitative estimate of drug-likeness (QED) is 0.807. The molecule has 2 fully saturated rings. The summed E-state index contributed by atoms with van der Waals surface area (Å²) in [6.07, 6.45) is 2.71. The molecule has 2 atom stereocenters. The van der Waals surface area contributed by atoms with E-state index in [4.69, 9.17) is 15.2 Å². The fraction of sp³-hybridized carbons (Fsp3) is 0.643. The Balaban J connectivity index is 1.80. The first-order valence-electron chi connectivity index (χ1n) is 7.85. The van der Waals surface area contributed by atoms with E-state index >= 15 is 0 Å². The average Bonchev–Trinajstić information content (AvgIpc) is 3.20. The molecule has 2 aromatic rings. The lowest BCUT2D eigenvalue weighted by molar-refractivity contribution is -0.0203. The average molecular weight is 320 g/mol. The van der Waals surface area contributed by atoms with Crippen LogP contribution in [-0.2, 0) is 9.47 Å². The Morgan fingerprint density at radius 1 is 1.26 bits per heavy atom. The predicted octanol–water partition coefficient (Wildman–Crippen LogP) is -0.0850. The highest BCUT2D eigenvalue weighted by Crippen LogP contribution is 2.35. The third kappa shape index (κ3) is 2.50. The van der Waals surface area contributed by atoms with Gasteiger partial charge < -0.3 is 25.2 Å². The van der Waals surface area contributed by atoms with Gasteiger partial charge in [-0.2, -0.15) is 0 Å². The zero-order chi connectivity index (χ0) is 15.8. The van der Waals surface area contributed by atoms with Crippen molar-refractivity contribution < 1.29 is 14.6 Å². The summed E-state index contributed by atoms with van der Waals surface area (Å²) in [5.74, 6) is 1.14. The van der Waals surface area contributed by atoms with E-state index in [0.29, 0.717) is 30.2 Å². The van der Waals surface area contributed by atoms with E-state index in [1.54, 1.807) is 0 Å². The van der Waals surface area contributed by atoms with Crippen molar-refractivity contribution in [2.45, 2.75) is 25.2 Å². The van der Waals surface area contributed by atoms with Crippen molar-refractivity contribution in [3.63, 3.8) is 0 Å². The Labute approximate surface area is 133 Å². The maximum absolute atomic E-state index is 9.33. The maximum Gasteiger partial charge on any atom is 0.210 e. The lowest BCUT2D eigenvalue weighted by Crippen LogP contribution is -2.38. The molecule has 0 aliphatic carbocycles. The third-order valence-corrected chi connectivity index (χ3v) is 4.36. The van der Waals surface area contributed by atoms with Gasteiger partial charge in [-0.15, -0.1) is 0 Å². The lowest BCUT2D eigenvalue weighted by Gasteiger charge is -2.29. The Kier molecular flexibility index (Phi) is 3.76. The minimum atomic E-state index is -0.204. The van der Waals surface area contributed by atoms with Gasteiger partial charge in [0.1, 0.15) is 12.6 Å². The Morgan fingerprint density at radius 3 is 2.83 bits per heavy atom. The zero-order valence-corrected chi connectivity index (χ0v) is 12.8. The van der Waals surface area contributed by atoms with E-state index in [9.17, 15) is 5.11 Å². The number of aliphatic hydroxyl groups excluding tert-OH is 1. The molecule has 2 aliphatic heterocycles. The van der Waals surface area contributed by atoms with Crippen molar-refractivity contribution in [1.82, 2.24) is 19.5 Å². The first-order chi connectivity index (χ1) is 11.3. The largest absolute Gasteiger partial charge is 0.394 e. The first kappa shape index (κ1) is 14.6. The summed E-state index contributed by atoms with van der Waals surface area (Å²) in [5.41, 5.74) is 7.23. The highest BCUT2D eigenvalue weighted by molar-refractivity contribution is 5.84. The van der Waals surface area contributed by atoms with Crippen molar-refractivity contribution in [3.8, 4) is 0 Å². The lowest BCUT2D eigenvalue weighted by atomic mass is 10.2. The predicted molar refractivity (Wildman–Crippen MR) is 83.0 cm³/mol. The van der Waals surface area contributed by atoms with Crippen LogP contribution in [0, 0.1) is 0 Å². The summed E-state index contributed by atoms with van der Waals surface area (Å²) in [5, 5.41) is 9.33. The second kappa shape index (κ2) is 5.91. The number of rotatable bonds is 3. The van der Waals surface area contributed by atoms with Crippen molar-refractivity contribution in [2.75, 3.05) is 43.5 Å². The van der Waals surface area contributed by atoms with Gasteiger partial charge in [-0.25, -0.2) is 15.0 Å². The number of nitrogens with two attached hydrogens (primary N) is 1. The molecule has 0 saturated carbocycles. The van der Waals surface area contributed by atoms with Gasteiger partial charge in [0, 0.05) is 13.1 Å². The molecule has 0 bridgehead atoms. The number of nitrogens with zero attached hydrogens (tertiary/aromatic N) is 5. The zero-order valence-electron chi connectivity index (χ0n) is 12.8. The number of imidazole rings is 1. The Bertz CT molecular complexity index is 699. The molecule has 2 unspecified atom stereocenters. The van der Waals surface area contributed by atoms with Crippen molar-refractivity contribution in [3.05, 3.63) is 6.33 Å². The van der Waals surface area contributed by atoms with E-state index in [0.717, 1.165) is 31.9 Å². The molecule has 0 amide bonds. The Hall–Kier alpha value is -1.97. The van der Waals surface area contributed by atoms with Gasteiger partial charge in [-0.1, -0.05) is 0 Å². The second-order valence-electron chi connectivity index (χ2n) is 5.79. The fourth-order valence-corrected chi connectivity index (χ4v) is 3.18. The number of nitrogen functional groups attached to an aromatic ring is 1. The van der Waals surface area contributed by atoms with Gasteiger partial charge in [0.15, 0.2) is 17.0 Å². The van der Waals surface area contributed by atoms with E-state index in [-0.39, 0.29) is 18.9 Å². The molecule has 9 nitrogen and oxygen atoms in total. The first-order valence-corrected chi connectivity index (χ1v) is 7.85. The molecule has 3 N–H and O–H groups in total. The van der Waals surface area contributed by atoms with Crippen LogP contribution in [0.4, 0.5) is 11.8 Å². The summed E-state index contributed by atoms with van der Waals surface area (Å²) in [6.45, 7) is 2.86. The van der Waals surface area contributed by atoms with Gasteiger partial charge in [0.2, 0.25) is 5.95 Å². The van der Waals surface area contributed by atoms with Crippen LogP contribution in [0.2, 0.25) is 0 Å². The number of fused-ring (bicyclic) bond motifs is 1. The maximum atomic E-state index is 9.33. The molecule has 0 radical (unpaired) electrons. The Morgan fingerprint density at radius 2 is 2.09 bits per heavy atom. The summed E-state index contributed by atoms with van der Waals surface area (Å²) < 4.78 is 13.4. The van der Waals surface area contributed by atoms with Gasteiger partial charge in [-0.3, -0.25) is 4.57 Å². The number of anilines is 2. The van der Waals surface area contributed by atoms with Crippen molar-refractivity contribution in [2.24, 2.45) is 0 Å². The molecule has 0 spiro atoms. The second-order valence-corrected chi connectivity index (χ2v) is 5.79. The monoisotopic (exact) mass is 320 g/mol. The summed E-state index contributed by atoms with van der Waals surface area (Å²) in [6, 6.07) is 0. The van der Waals surface area contributed by atoms with Gasteiger partial charge >= 0.3 is 0 Å². The van der Waals surface area contributed by atoms with Crippen LogP contribution in [-0.4, -0.2) is 63.6 Å². The fourth-order valence-electron chi connectivity index (χ4n) is 3.18. The molecule has 0 aromatic carbocycles.